The Labute approximate surface area is 89.1 Å². The summed E-state index contributed by atoms with van der Waals surface area (Å²) in [5.41, 5.74) is 4.87. The van der Waals surface area contributed by atoms with Gasteiger partial charge in [0.15, 0.2) is 5.96 Å². The molecule has 2 heterocycles. The van der Waals surface area contributed by atoms with Crippen molar-refractivity contribution in [3.05, 3.63) is 0 Å². The fourth-order valence-corrected chi connectivity index (χ4v) is 2.15. The number of hydrogen-bond acceptors (Lipinski definition) is 4. The molecule has 2 atom stereocenters. The third-order valence-electron chi connectivity index (χ3n) is 3.13. The SMILES string of the molecule is CC(C)C1CC2(CCO1)N=C(N)NC2=O. The molecule has 0 saturated carbocycles. The third kappa shape index (κ3) is 1.71. The fourth-order valence-electron chi connectivity index (χ4n) is 2.15. The summed E-state index contributed by atoms with van der Waals surface area (Å²) in [6, 6.07) is 0. The second kappa shape index (κ2) is 3.48. The molecule has 0 aromatic carbocycles. The van der Waals surface area contributed by atoms with Crippen molar-refractivity contribution in [2.75, 3.05) is 6.61 Å². The Kier molecular flexibility index (Phi) is 2.42. The molecule has 1 amide bonds. The Balaban J connectivity index is 2.18. The Hall–Kier alpha value is -1.10. The fraction of sp³-hybridized carbons (Fsp3) is 0.800. The van der Waals surface area contributed by atoms with Crippen LogP contribution in [0.1, 0.15) is 26.7 Å². The first-order valence-electron chi connectivity index (χ1n) is 5.32. The predicted molar refractivity (Wildman–Crippen MR) is 56.3 cm³/mol. The number of nitrogens with one attached hydrogen (secondary N) is 1. The van der Waals surface area contributed by atoms with Gasteiger partial charge in [-0.3, -0.25) is 10.1 Å². The first-order chi connectivity index (χ1) is 7.03. The highest BCUT2D eigenvalue weighted by Crippen LogP contribution is 2.33. The predicted octanol–water partition coefficient (Wildman–Crippen LogP) is 0.00470. The molecule has 5 heteroatoms. The van der Waals surface area contributed by atoms with Crippen molar-refractivity contribution in [2.24, 2.45) is 16.6 Å². The van der Waals surface area contributed by atoms with Gasteiger partial charge in [0, 0.05) is 19.4 Å². The lowest BCUT2D eigenvalue weighted by Gasteiger charge is -2.35. The minimum atomic E-state index is -0.655. The summed E-state index contributed by atoms with van der Waals surface area (Å²) < 4.78 is 5.62. The maximum Gasteiger partial charge on any atom is 0.254 e. The number of rotatable bonds is 1. The van der Waals surface area contributed by atoms with E-state index in [1.807, 2.05) is 0 Å². The highest BCUT2D eigenvalue weighted by atomic mass is 16.5. The highest BCUT2D eigenvalue weighted by molar-refractivity contribution is 6.06. The Morgan fingerprint density at radius 3 is 2.93 bits per heavy atom. The molecule has 2 aliphatic rings. The van der Waals surface area contributed by atoms with Gasteiger partial charge in [-0.2, -0.15) is 0 Å². The molecular formula is C10H17N3O2. The normalized spacial score (nSPS) is 35.8. The molecular weight excluding hydrogens is 194 g/mol. The van der Waals surface area contributed by atoms with E-state index in [0.29, 0.717) is 25.4 Å². The van der Waals surface area contributed by atoms with Crippen LogP contribution in [-0.4, -0.2) is 30.1 Å². The molecule has 15 heavy (non-hydrogen) atoms. The average Bonchev–Trinajstić information content (AvgIpc) is 2.41. The molecule has 2 unspecified atom stereocenters. The molecule has 0 aliphatic carbocycles. The largest absolute Gasteiger partial charge is 0.378 e. The van der Waals surface area contributed by atoms with Crippen LogP contribution in [0.4, 0.5) is 0 Å². The second-order valence-corrected chi connectivity index (χ2v) is 4.59. The van der Waals surface area contributed by atoms with Gasteiger partial charge >= 0.3 is 0 Å². The van der Waals surface area contributed by atoms with Gasteiger partial charge in [0.1, 0.15) is 5.54 Å². The van der Waals surface area contributed by atoms with Crippen LogP contribution in [0, 0.1) is 5.92 Å². The van der Waals surface area contributed by atoms with Crippen molar-refractivity contribution in [1.29, 1.82) is 0 Å². The van der Waals surface area contributed by atoms with Gasteiger partial charge in [-0.05, 0) is 5.92 Å². The Morgan fingerprint density at radius 1 is 1.67 bits per heavy atom. The van der Waals surface area contributed by atoms with E-state index in [1.54, 1.807) is 0 Å². The van der Waals surface area contributed by atoms with Crippen LogP contribution in [0.25, 0.3) is 0 Å². The van der Waals surface area contributed by atoms with Crippen LogP contribution in [0.3, 0.4) is 0 Å². The van der Waals surface area contributed by atoms with E-state index >= 15 is 0 Å². The third-order valence-corrected chi connectivity index (χ3v) is 3.13. The smallest absolute Gasteiger partial charge is 0.254 e. The maximum atomic E-state index is 11.8. The maximum absolute atomic E-state index is 11.8. The van der Waals surface area contributed by atoms with Crippen molar-refractivity contribution in [2.45, 2.75) is 38.3 Å². The van der Waals surface area contributed by atoms with Crippen molar-refractivity contribution < 1.29 is 9.53 Å². The summed E-state index contributed by atoms with van der Waals surface area (Å²) in [6.07, 6.45) is 1.36. The zero-order valence-corrected chi connectivity index (χ0v) is 9.12. The van der Waals surface area contributed by atoms with E-state index in [0.717, 1.165) is 0 Å². The molecule has 0 bridgehead atoms. The number of nitrogens with two attached hydrogens (primary N) is 1. The van der Waals surface area contributed by atoms with Gasteiger partial charge in [-0.1, -0.05) is 13.8 Å². The van der Waals surface area contributed by atoms with Crippen LogP contribution in [-0.2, 0) is 9.53 Å². The molecule has 2 rings (SSSR count). The van der Waals surface area contributed by atoms with Crippen molar-refractivity contribution in [3.63, 3.8) is 0 Å². The van der Waals surface area contributed by atoms with Crippen molar-refractivity contribution in [3.8, 4) is 0 Å². The number of guanidine groups is 1. The zero-order valence-electron chi connectivity index (χ0n) is 9.12. The molecule has 3 N–H and O–H groups in total. The summed E-state index contributed by atoms with van der Waals surface area (Å²) in [5.74, 6) is 0.561. The van der Waals surface area contributed by atoms with Crippen LogP contribution < -0.4 is 11.1 Å². The molecule has 0 radical (unpaired) electrons. The lowest BCUT2D eigenvalue weighted by atomic mass is 9.83. The molecule has 0 aromatic rings. The van der Waals surface area contributed by atoms with E-state index in [-0.39, 0.29) is 18.0 Å². The quantitative estimate of drug-likeness (QED) is 0.641. The molecule has 1 fully saturated rings. The van der Waals surface area contributed by atoms with E-state index in [1.165, 1.54) is 0 Å². The van der Waals surface area contributed by atoms with Crippen LogP contribution in [0.15, 0.2) is 4.99 Å². The number of aliphatic imine (C=N–C) groups is 1. The van der Waals surface area contributed by atoms with Gasteiger partial charge in [0.25, 0.3) is 5.91 Å². The summed E-state index contributed by atoms with van der Waals surface area (Å²) in [7, 11) is 0. The molecule has 5 nitrogen and oxygen atoms in total. The topological polar surface area (TPSA) is 76.7 Å². The number of carbonyl (C=O) groups excluding carboxylic acids is 1. The number of amides is 1. The van der Waals surface area contributed by atoms with Gasteiger partial charge in [0.2, 0.25) is 0 Å². The Morgan fingerprint density at radius 2 is 2.40 bits per heavy atom. The lowest BCUT2D eigenvalue weighted by Crippen LogP contribution is -2.48. The number of carbonyl (C=O) groups is 1. The number of nitrogens with zero attached hydrogens (tertiary/aromatic N) is 1. The molecule has 84 valence electrons. The summed E-state index contributed by atoms with van der Waals surface area (Å²) in [5, 5.41) is 2.57. The standard InChI is InChI=1S/C10H17N3O2/c1-6(2)7-5-10(3-4-15-7)8(14)12-9(11)13-10/h6-7H,3-5H2,1-2H3,(H3,11,12,13,14). The van der Waals surface area contributed by atoms with E-state index in [9.17, 15) is 4.79 Å². The van der Waals surface area contributed by atoms with Crippen molar-refractivity contribution in [1.82, 2.24) is 5.32 Å². The van der Waals surface area contributed by atoms with Crippen LogP contribution >= 0.6 is 0 Å². The van der Waals surface area contributed by atoms with Crippen molar-refractivity contribution >= 4 is 11.9 Å². The summed E-state index contributed by atoms with van der Waals surface area (Å²) in [6.45, 7) is 4.75. The van der Waals surface area contributed by atoms with Crippen LogP contribution in [0.2, 0.25) is 0 Å². The average molecular weight is 211 g/mol. The molecule has 1 saturated heterocycles. The number of ether oxygens (including phenoxy) is 1. The van der Waals surface area contributed by atoms with E-state index in [2.05, 4.69) is 24.2 Å². The van der Waals surface area contributed by atoms with Gasteiger partial charge in [-0.15, -0.1) is 0 Å². The van der Waals surface area contributed by atoms with Gasteiger partial charge < -0.3 is 10.5 Å². The first-order valence-corrected chi connectivity index (χ1v) is 5.32. The summed E-state index contributed by atoms with van der Waals surface area (Å²) >= 11 is 0. The zero-order chi connectivity index (χ0) is 11.1. The molecule has 2 aliphatic heterocycles. The van der Waals surface area contributed by atoms with Gasteiger partial charge in [-0.25, -0.2) is 4.99 Å². The molecule has 1 spiro atoms. The summed E-state index contributed by atoms with van der Waals surface area (Å²) in [4.78, 5) is 16.0. The Bertz CT molecular complexity index is 314. The highest BCUT2D eigenvalue weighted by Gasteiger charge is 2.47. The number of hydrogen-bond donors (Lipinski definition) is 2. The monoisotopic (exact) mass is 211 g/mol. The first kappa shape index (κ1) is 10.4. The van der Waals surface area contributed by atoms with Crippen LogP contribution in [0.5, 0.6) is 0 Å². The van der Waals surface area contributed by atoms with E-state index < -0.39 is 5.54 Å². The lowest BCUT2D eigenvalue weighted by molar-refractivity contribution is -0.130. The minimum absolute atomic E-state index is 0.0750. The van der Waals surface area contributed by atoms with Gasteiger partial charge in [0.05, 0.1) is 6.10 Å². The molecule has 0 aromatic heterocycles. The minimum Gasteiger partial charge on any atom is -0.378 e. The van der Waals surface area contributed by atoms with E-state index in [4.69, 9.17) is 10.5 Å². The second-order valence-electron chi connectivity index (χ2n) is 4.59.